The highest BCUT2D eigenvalue weighted by Gasteiger charge is 2.46. The summed E-state index contributed by atoms with van der Waals surface area (Å²) >= 11 is 8.80. The van der Waals surface area contributed by atoms with Gasteiger partial charge in [-0.2, -0.15) is 5.10 Å². The number of rotatable bonds is 18. The van der Waals surface area contributed by atoms with Crippen molar-refractivity contribution in [2.45, 2.75) is 50.9 Å². The van der Waals surface area contributed by atoms with Gasteiger partial charge in [-0.05, 0) is 39.2 Å². The number of halogens is 1. The number of nitrogens with zero attached hydrogens (tertiary/aromatic N) is 9. The number of anilines is 1. The summed E-state index contributed by atoms with van der Waals surface area (Å²) in [6, 6.07) is 0. The molecule has 3 N–H and O–H groups in total. The maximum Gasteiger partial charge on any atom is 0.285 e. The Kier molecular flexibility index (Phi) is 17.0. The summed E-state index contributed by atoms with van der Waals surface area (Å²) in [4.78, 5) is 48.7. The van der Waals surface area contributed by atoms with Crippen molar-refractivity contribution in [2.24, 2.45) is 10.1 Å². The molecule has 4 aliphatic rings. The van der Waals surface area contributed by atoms with Gasteiger partial charge < -0.3 is 29.0 Å². The van der Waals surface area contributed by atoms with E-state index >= 15 is 0 Å². The molecule has 0 radical (unpaired) electrons. The minimum absolute atomic E-state index is 0.168. The SMILES string of the molecule is CSC1=NC(C)=C(/C=N/N(NOCCOCCCCCCCl)C(=O)CO)C(N2CC[N+]3(CC2)CC[N+]2(CCN(c4nc(SC)nc(C)c4C=O)CC2)CC3)N1. The van der Waals surface area contributed by atoms with E-state index in [-0.39, 0.29) is 12.8 Å². The van der Waals surface area contributed by atoms with Crippen molar-refractivity contribution < 1.29 is 33.2 Å². The number of unbranched alkanes of at least 4 members (excludes halogenated alkanes) is 3. The van der Waals surface area contributed by atoms with E-state index in [1.165, 1.54) is 11.8 Å². The second-order valence-electron chi connectivity index (χ2n) is 14.6. The Hall–Kier alpha value is -2.39. The summed E-state index contributed by atoms with van der Waals surface area (Å²) in [6.45, 7) is 16.7. The summed E-state index contributed by atoms with van der Waals surface area (Å²) in [5.74, 6) is 0.809. The number of hydrazone groups is 1. The Balaban J connectivity index is 1.13. The quantitative estimate of drug-likeness (QED) is 0.0290. The van der Waals surface area contributed by atoms with E-state index in [2.05, 4.69) is 30.8 Å². The van der Waals surface area contributed by atoms with Crippen LogP contribution in [0.1, 0.15) is 48.7 Å². The minimum Gasteiger partial charge on any atom is -0.386 e. The van der Waals surface area contributed by atoms with Crippen LogP contribution in [0.5, 0.6) is 0 Å². The van der Waals surface area contributed by atoms with Crippen LogP contribution in [-0.2, 0) is 14.4 Å². The first-order valence-corrected chi connectivity index (χ1v) is 22.3. The number of allylic oxidation sites excluding steroid dienone is 1. The number of quaternary nitrogens is 2. The van der Waals surface area contributed by atoms with Crippen molar-refractivity contribution in [3.8, 4) is 0 Å². The number of aldehydes is 1. The molecule has 0 bridgehead atoms. The number of aliphatic hydroxyl groups is 1. The number of carbonyl (C=O) groups is 2. The number of hydrazine groups is 1. The zero-order valence-electron chi connectivity index (χ0n) is 32.9. The van der Waals surface area contributed by atoms with E-state index < -0.39 is 12.5 Å². The highest BCUT2D eigenvalue weighted by atomic mass is 35.5. The molecular formula is C36H60ClN11O5S2+2. The number of piperazine rings is 3. The number of amides is 1. The zero-order valence-corrected chi connectivity index (χ0v) is 35.3. The van der Waals surface area contributed by atoms with E-state index in [0.29, 0.717) is 29.8 Å². The molecule has 55 heavy (non-hydrogen) atoms. The molecule has 0 aromatic carbocycles. The molecule has 1 unspecified atom stereocenters. The van der Waals surface area contributed by atoms with Gasteiger partial charge in [-0.3, -0.25) is 19.3 Å². The standard InChI is InChI=1S/C36H60ClN11O5S2/c1-28-30(25-38-46(32(51)27-50)43-53-24-23-52-22-8-6-5-7-9-37)33(41-35(39-28)54-3)44-10-14-47(15-11-44)18-20-48(21-19-47)16-12-45(13-17-48)34-31(26-49)29(2)40-36(42-34)55-4/h25-26,33,43,50H,5-24,27H2,1-4H3,(H,39,41)/q+2/b38-25+. The molecule has 19 heteroatoms. The molecule has 306 valence electrons. The number of aromatic nitrogens is 2. The number of carbonyl (C=O) groups excluding carboxylic acids is 2. The maximum atomic E-state index is 12.5. The fourth-order valence-corrected chi connectivity index (χ4v) is 8.78. The number of aryl methyl sites for hydroxylation is 1. The molecule has 1 aromatic heterocycles. The molecule has 1 aromatic rings. The zero-order chi connectivity index (χ0) is 39.3. The number of hydrogen-bond acceptors (Lipinski definition) is 15. The van der Waals surface area contributed by atoms with Gasteiger partial charge in [0.1, 0.15) is 44.8 Å². The van der Waals surface area contributed by atoms with Gasteiger partial charge in [0.15, 0.2) is 16.6 Å². The largest absolute Gasteiger partial charge is 0.386 e. The summed E-state index contributed by atoms with van der Waals surface area (Å²) in [5.41, 5.74) is 5.56. The van der Waals surface area contributed by atoms with Crippen LogP contribution in [-0.4, -0.2) is 187 Å². The number of nitrogens with one attached hydrogen (secondary N) is 2. The van der Waals surface area contributed by atoms with Crippen molar-refractivity contribution in [3.05, 3.63) is 22.5 Å². The summed E-state index contributed by atoms with van der Waals surface area (Å²) in [6.07, 6.45) is 10.5. The topological polar surface area (TPSA) is 157 Å². The second kappa shape index (κ2) is 21.4. The van der Waals surface area contributed by atoms with Crippen molar-refractivity contribution in [1.82, 2.24) is 30.9 Å². The van der Waals surface area contributed by atoms with Crippen LogP contribution in [0.3, 0.4) is 0 Å². The van der Waals surface area contributed by atoms with Gasteiger partial charge in [0.05, 0.1) is 83.0 Å². The summed E-state index contributed by atoms with van der Waals surface area (Å²) in [7, 11) is 0. The van der Waals surface area contributed by atoms with Crippen molar-refractivity contribution >= 4 is 64.5 Å². The molecule has 16 nitrogen and oxygen atoms in total. The maximum absolute atomic E-state index is 12.5. The molecule has 4 aliphatic heterocycles. The molecule has 2 spiro atoms. The average Bonchev–Trinajstić information content (AvgIpc) is 3.21. The fourth-order valence-electron chi connectivity index (χ4n) is 7.73. The first-order chi connectivity index (χ1) is 26.7. The number of hydrogen-bond donors (Lipinski definition) is 3. The van der Waals surface area contributed by atoms with Gasteiger partial charge in [-0.25, -0.2) is 15.0 Å². The van der Waals surface area contributed by atoms with Crippen LogP contribution in [0.2, 0.25) is 0 Å². The third kappa shape index (κ3) is 11.6. The smallest absolute Gasteiger partial charge is 0.285 e. The van der Waals surface area contributed by atoms with Gasteiger partial charge in [-0.1, -0.05) is 42.0 Å². The highest BCUT2D eigenvalue weighted by molar-refractivity contribution is 8.13. The molecule has 3 saturated heterocycles. The Morgan fingerprint density at radius 3 is 2.27 bits per heavy atom. The fraction of sp³-hybridized carbons (Fsp3) is 0.722. The van der Waals surface area contributed by atoms with Gasteiger partial charge in [-0.15, -0.1) is 16.7 Å². The Labute approximate surface area is 339 Å². The third-order valence-corrected chi connectivity index (χ3v) is 12.8. The lowest BCUT2D eigenvalue weighted by Gasteiger charge is -2.54. The van der Waals surface area contributed by atoms with Crippen molar-refractivity contribution in [2.75, 3.05) is 128 Å². The van der Waals surface area contributed by atoms with Gasteiger partial charge >= 0.3 is 0 Å². The van der Waals surface area contributed by atoms with E-state index in [9.17, 15) is 14.7 Å². The van der Waals surface area contributed by atoms with Crippen LogP contribution >= 0.6 is 35.1 Å². The first-order valence-electron chi connectivity index (χ1n) is 19.4. The van der Waals surface area contributed by atoms with Crippen LogP contribution in [0, 0.1) is 6.92 Å². The Morgan fingerprint density at radius 2 is 1.65 bits per heavy atom. The number of amidine groups is 1. The van der Waals surface area contributed by atoms with Gasteiger partial charge in [0.25, 0.3) is 5.91 Å². The van der Waals surface area contributed by atoms with E-state index in [1.807, 2.05) is 26.4 Å². The number of aliphatic hydroxyl groups excluding tert-OH is 1. The molecule has 1 amide bonds. The number of ether oxygens (including phenoxy) is 1. The van der Waals surface area contributed by atoms with Gasteiger partial charge in [0, 0.05) is 23.8 Å². The molecule has 0 saturated carbocycles. The lowest BCUT2D eigenvalue weighted by Crippen LogP contribution is -2.74. The molecule has 0 aliphatic carbocycles. The van der Waals surface area contributed by atoms with E-state index in [1.54, 1.807) is 18.0 Å². The van der Waals surface area contributed by atoms with Crippen LogP contribution in [0.25, 0.3) is 0 Å². The third-order valence-electron chi connectivity index (χ3n) is 11.3. The lowest BCUT2D eigenvalue weighted by molar-refractivity contribution is -1.03. The van der Waals surface area contributed by atoms with Crippen LogP contribution in [0.4, 0.5) is 5.82 Å². The van der Waals surface area contributed by atoms with Crippen molar-refractivity contribution in [1.29, 1.82) is 0 Å². The van der Waals surface area contributed by atoms with Crippen LogP contribution in [0.15, 0.2) is 26.5 Å². The number of thioether (sulfide) groups is 2. The molecule has 5 rings (SSSR count). The number of aliphatic imine (C=N–C) groups is 1. The van der Waals surface area contributed by atoms with Gasteiger partial charge in [0.2, 0.25) is 0 Å². The predicted molar refractivity (Wildman–Crippen MR) is 219 cm³/mol. The Bertz CT molecular complexity index is 1530. The molecule has 3 fully saturated rings. The normalized spacial score (nSPS) is 21.3. The van der Waals surface area contributed by atoms with Crippen LogP contribution < -0.4 is 15.8 Å². The lowest BCUT2D eigenvalue weighted by atomic mass is 10.1. The molecular weight excluding hydrogens is 766 g/mol. The predicted octanol–water partition coefficient (Wildman–Crippen LogP) is 2.08. The van der Waals surface area contributed by atoms with Crippen molar-refractivity contribution in [3.63, 3.8) is 0 Å². The highest BCUT2D eigenvalue weighted by Crippen LogP contribution is 2.29. The second-order valence-corrected chi connectivity index (χ2v) is 16.6. The molecule has 1 atom stereocenters. The summed E-state index contributed by atoms with van der Waals surface area (Å²) < 4.78 is 7.86. The summed E-state index contributed by atoms with van der Waals surface area (Å²) in [5, 5.41) is 20.1. The van der Waals surface area contributed by atoms with E-state index in [4.69, 9.17) is 31.2 Å². The van der Waals surface area contributed by atoms with E-state index in [0.717, 1.165) is 153 Å². The monoisotopic (exact) mass is 825 g/mol. The molecule has 5 heterocycles. The minimum atomic E-state index is -0.729. The average molecular weight is 827 g/mol. The Morgan fingerprint density at radius 1 is 0.982 bits per heavy atom. The first kappa shape index (κ1) is 43.7. The number of alkyl halides is 1.